The molecule has 1 unspecified atom stereocenters. The number of carbonyl (C=O) groups excluding carboxylic acids is 1. The first-order valence-corrected chi connectivity index (χ1v) is 8.29. The molecule has 0 heterocycles. The molecule has 1 N–H and O–H groups in total. The van der Waals surface area contributed by atoms with Gasteiger partial charge in [-0.15, -0.1) is 0 Å². The number of nitrogens with one attached hydrogen (secondary N) is 1. The summed E-state index contributed by atoms with van der Waals surface area (Å²) in [4.78, 5) is 12.2. The smallest absolute Gasteiger partial charge is 0.220 e. The standard InChI is InChI=1S/C21H27NO/c1-14-6-8-19(9-7-14)10-11-21(23)22-18(5)20-13-16(3)15(2)12-17(20)4/h6-9,12-13,18H,10-11H2,1-5H3,(H,22,23). The van der Waals surface area contributed by atoms with Gasteiger partial charge in [0.15, 0.2) is 0 Å². The van der Waals surface area contributed by atoms with Gasteiger partial charge >= 0.3 is 0 Å². The largest absolute Gasteiger partial charge is 0.350 e. The van der Waals surface area contributed by atoms with E-state index in [1.165, 1.54) is 33.4 Å². The Morgan fingerprint density at radius 2 is 1.57 bits per heavy atom. The average Bonchev–Trinajstić information content (AvgIpc) is 2.50. The number of carbonyl (C=O) groups is 1. The molecule has 0 radical (unpaired) electrons. The van der Waals surface area contributed by atoms with Crippen LogP contribution in [0.2, 0.25) is 0 Å². The Morgan fingerprint density at radius 3 is 2.22 bits per heavy atom. The van der Waals surface area contributed by atoms with Crippen molar-refractivity contribution in [3.05, 3.63) is 69.8 Å². The third kappa shape index (κ3) is 4.69. The monoisotopic (exact) mass is 309 g/mol. The highest BCUT2D eigenvalue weighted by atomic mass is 16.1. The Balaban J connectivity index is 1.94. The second-order valence-corrected chi connectivity index (χ2v) is 6.57. The van der Waals surface area contributed by atoms with Gasteiger partial charge in [-0.25, -0.2) is 0 Å². The first kappa shape index (κ1) is 17.3. The van der Waals surface area contributed by atoms with Crippen LogP contribution in [0.15, 0.2) is 36.4 Å². The van der Waals surface area contributed by atoms with Crippen molar-refractivity contribution in [2.24, 2.45) is 0 Å². The molecule has 2 nitrogen and oxygen atoms in total. The molecule has 0 fully saturated rings. The van der Waals surface area contributed by atoms with Gasteiger partial charge in [0, 0.05) is 6.42 Å². The molecular formula is C21H27NO. The molecule has 2 heteroatoms. The van der Waals surface area contributed by atoms with E-state index >= 15 is 0 Å². The zero-order valence-corrected chi connectivity index (χ0v) is 14.9. The van der Waals surface area contributed by atoms with E-state index in [1.807, 2.05) is 0 Å². The van der Waals surface area contributed by atoms with E-state index in [0.29, 0.717) is 6.42 Å². The Hall–Kier alpha value is -2.09. The summed E-state index contributed by atoms with van der Waals surface area (Å²) in [5.74, 6) is 0.107. The second-order valence-electron chi connectivity index (χ2n) is 6.57. The normalized spacial score (nSPS) is 12.0. The molecule has 0 bridgehead atoms. The molecule has 0 spiro atoms. The van der Waals surface area contributed by atoms with Crippen molar-refractivity contribution in [3.8, 4) is 0 Å². The van der Waals surface area contributed by atoms with Crippen LogP contribution in [-0.2, 0) is 11.2 Å². The van der Waals surface area contributed by atoms with Crippen LogP contribution in [-0.4, -0.2) is 5.91 Å². The quantitative estimate of drug-likeness (QED) is 0.850. The van der Waals surface area contributed by atoms with E-state index in [4.69, 9.17) is 0 Å². The molecular weight excluding hydrogens is 282 g/mol. The van der Waals surface area contributed by atoms with Gasteiger partial charge in [-0.2, -0.15) is 0 Å². The van der Waals surface area contributed by atoms with Gasteiger partial charge in [-0.3, -0.25) is 4.79 Å². The number of amides is 1. The van der Waals surface area contributed by atoms with E-state index in [0.717, 1.165) is 6.42 Å². The summed E-state index contributed by atoms with van der Waals surface area (Å²) < 4.78 is 0. The maximum atomic E-state index is 12.2. The fourth-order valence-corrected chi connectivity index (χ4v) is 2.85. The van der Waals surface area contributed by atoms with Crippen LogP contribution >= 0.6 is 0 Å². The summed E-state index contributed by atoms with van der Waals surface area (Å²) in [5.41, 5.74) is 7.46. The van der Waals surface area contributed by atoms with Gasteiger partial charge in [-0.1, -0.05) is 42.0 Å². The SMILES string of the molecule is Cc1ccc(CCC(=O)NC(C)c2cc(C)c(C)cc2C)cc1. The topological polar surface area (TPSA) is 29.1 Å². The van der Waals surface area contributed by atoms with Gasteiger partial charge < -0.3 is 5.32 Å². The summed E-state index contributed by atoms with van der Waals surface area (Å²) >= 11 is 0. The van der Waals surface area contributed by atoms with Crippen LogP contribution in [0.25, 0.3) is 0 Å². The highest BCUT2D eigenvalue weighted by molar-refractivity contribution is 5.76. The van der Waals surface area contributed by atoms with Crippen LogP contribution in [0.5, 0.6) is 0 Å². The molecule has 1 amide bonds. The molecule has 0 saturated carbocycles. The Morgan fingerprint density at radius 1 is 0.957 bits per heavy atom. The first-order valence-electron chi connectivity index (χ1n) is 8.29. The zero-order valence-electron chi connectivity index (χ0n) is 14.9. The molecule has 0 saturated heterocycles. The highest BCUT2D eigenvalue weighted by Crippen LogP contribution is 2.21. The second kappa shape index (κ2) is 7.45. The lowest BCUT2D eigenvalue weighted by molar-refractivity contribution is -0.121. The van der Waals surface area contributed by atoms with Crippen molar-refractivity contribution >= 4 is 5.91 Å². The lowest BCUT2D eigenvalue weighted by Crippen LogP contribution is -2.27. The summed E-state index contributed by atoms with van der Waals surface area (Å²) in [7, 11) is 0. The summed E-state index contributed by atoms with van der Waals surface area (Å²) in [5, 5.41) is 3.13. The number of rotatable bonds is 5. The van der Waals surface area contributed by atoms with E-state index in [1.54, 1.807) is 0 Å². The van der Waals surface area contributed by atoms with Crippen LogP contribution in [0, 0.1) is 27.7 Å². The molecule has 0 aromatic heterocycles. The Labute approximate surface area is 139 Å². The molecule has 1 atom stereocenters. The molecule has 122 valence electrons. The lowest BCUT2D eigenvalue weighted by atomic mass is 9.96. The first-order chi connectivity index (χ1) is 10.9. The van der Waals surface area contributed by atoms with Crippen molar-refractivity contribution in [2.75, 3.05) is 0 Å². The third-order valence-corrected chi connectivity index (χ3v) is 4.49. The van der Waals surface area contributed by atoms with Gasteiger partial charge in [0.1, 0.15) is 0 Å². The van der Waals surface area contributed by atoms with Gasteiger partial charge in [0.25, 0.3) is 0 Å². The molecule has 0 aliphatic rings. The molecule has 2 aromatic carbocycles. The molecule has 2 rings (SSSR count). The Kier molecular flexibility index (Phi) is 5.59. The number of hydrogen-bond acceptors (Lipinski definition) is 1. The van der Waals surface area contributed by atoms with Crippen LogP contribution < -0.4 is 5.32 Å². The molecule has 0 aliphatic heterocycles. The minimum atomic E-state index is 0.0415. The number of aryl methyl sites for hydroxylation is 5. The Bertz CT molecular complexity index is 686. The third-order valence-electron chi connectivity index (χ3n) is 4.49. The van der Waals surface area contributed by atoms with Crippen LogP contribution in [0.3, 0.4) is 0 Å². The summed E-state index contributed by atoms with van der Waals surface area (Å²) in [6.07, 6.45) is 1.31. The fraction of sp³-hybridized carbons (Fsp3) is 0.381. The summed E-state index contributed by atoms with van der Waals surface area (Å²) in [6.45, 7) is 10.5. The van der Waals surface area contributed by atoms with E-state index in [-0.39, 0.29) is 11.9 Å². The minimum absolute atomic E-state index is 0.0415. The average molecular weight is 309 g/mol. The molecule has 2 aromatic rings. The van der Waals surface area contributed by atoms with Crippen LogP contribution in [0.4, 0.5) is 0 Å². The van der Waals surface area contributed by atoms with E-state index < -0.39 is 0 Å². The predicted octanol–water partition coefficient (Wildman–Crippen LogP) is 4.73. The van der Waals surface area contributed by atoms with Crippen molar-refractivity contribution in [3.63, 3.8) is 0 Å². The molecule has 23 heavy (non-hydrogen) atoms. The lowest BCUT2D eigenvalue weighted by Gasteiger charge is -2.18. The van der Waals surface area contributed by atoms with E-state index in [2.05, 4.69) is 76.3 Å². The van der Waals surface area contributed by atoms with Crippen LogP contribution in [0.1, 0.15) is 52.8 Å². The minimum Gasteiger partial charge on any atom is -0.350 e. The molecule has 0 aliphatic carbocycles. The van der Waals surface area contributed by atoms with Gasteiger partial charge in [-0.05, 0) is 68.9 Å². The maximum absolute atomic E-state index is 12.2. The van der Waals surface area contributed by atoms with Gasteiger partial charge in [0.2, 0.25) is 5.91 Å². The fourth-order valence-electron chi connectivity index (χ4n) is 2.85. The van der Waals surface area contributed by atoms with Crippen molar-refractivity contribution in [2.45, 2.75) is 53.5 Å². The van der Waals surface area contributed by atoms with Crippen molar-refractivity contribution < 1.29 is 4.79 Å². The van der Waals surface area contributed by atoms with E-state index in [9.17, 15) is 4.79 Å². The predicted molar refractivity (Wildman–Crippen MR) is 96.7 cm³/mol. The maximum Gasteiger partial charge on any atom is 0.220 e. The van der Waals surface area contributed by atoms with Crippen molar-refractivity contribution in [1.82, 2.24) is 5.32 Å². The van der Waals surface area contributed by atoms with Gasteiger partial charge in [0.05, 0.1) is 6.04 Å². The van der Waals surface area contributed by atoms with Crippen molar-refractivity contribution in [1.29, 1.82) is 0 Å². The zero-order chi connectivity index (χ0) is 17.0. The number of hydrogen-bond donors (Lipinski definition) is 1. The summed E-state index contributed by atoms with van der Waals surface area (Å²) in [6, 6.07) is 12.8. The number of benzene rings is 2. The highest BCUT2D eigenvalue weighted by Gasteiger charge is 2.13.